The van der Waals surface area contributed by atoms with Crippen LogP contribution in [0.2, 0.25) is 0 Å². The lowest BCUT2D eigenvalue weighted by atomic mass is 9.94. The molecule has 1 saturated heterocycles. The summed E-state index contributed by atoms with van der Waals surface area (Å²) < 4.78 is 4.03. The molecule has 94 valence electrons. The largest absolute Gasteiger partial charge is 0.382 e. The molecule has 0 aromatic carbocycles. The first-order valence-corrected chi connectivity index (χ1v) is 6.70. The average molecular weight is 254 g/mol. The Bertz CT molecular complexity index is 410. The molecule has 0 bridgehead atoms. The van der Waals surface area contributed by atoms with Crippen LogP contribution in [0, 0.1) is 5.92 Å². The maximum absolute atomic E-state index is 11.3. The highest BCUT2D eigenvalue weighted by Gasteiger charge is 2.25. The normalized spacial score (nSPS) is 17.4. The summed E-state index contributed by atoms with van der Waals surface area (Å²) in [5.74, 6) is 0.576. The Hall–Kier alpha value is -1.30. The van der Waals surface area contributed by atoms with Crippen molar-refractivity contribution in [2.75, 3.05) is 23.7 Å². The van der Waals surface area contributed by atoms with Crippen LogP contribution < -0.4 is 16.4 Å². The Morgan fingerprint density at radius 3 is 2.71 bits per heavy atom. The second-order valence-corrected chi connectivity index (χ2v) is 5.20. The second-order valence-electron chi connectivity index (χ2n) is 4.45. The minimum atomic E-state index is -0.483. The highest BCUT2D eigenvalue weighted by Crippen LogP contribution is 2.33. The van der Waals surface area contributed by atoms with Crippen molar-refractivity contribution < 1.29 is 4.79 Å². The van der Waals surface area contributed by atoms with Crippen LogP contribution in [0.3, 0.4) is 0 Å². The monoisotopic (exact) mass is 254 g/mol. The third kappa shape index (κ3) is 2.36. The number of rotatable bonds is 3. The molecule has 1 fully saturated rings. The molecule has 6 heteroatoms. The highest BCUT2D eigenvalue weighted by molar-refractivity contribution is 7.11. The van der Waals surface area contributed by atoms with Gasteiger partial charge in [-0.1, -0.05) is 13.3 Å². The zero-order valence-corrected chi connectivity index (χ0v) is 10.8. The van der Waals surface area contributed by atoms with Crippen LogP contribution in [0.4, 0.5) is 10.8 Å². The molecular weight excluding hydrogens is 236 g/mol. The number of piperidine rings is 1. The van der Waals surface area contributed by atoms with E-state index in [0.717, 1.165) is 36.9 Å². The van der Waals surface area contributed by atoms with Crippen molar-refractivity contribution in [2.24, 2.45) is 11.7 Å². The minimum Gasteiger partial charge on any atom is -0.382 e. The molecule has 1 amide bonds. The SMILES string of the molecule is CCC1CCN(c2snc(N)c2C(N)=O)CC1. The van der Waals surface area contributed by atoms with Gasteiger partial charge in [0.2, 0.25) is 0 Å². The van der Waals surface area contributed by atoms with Crippen molar-refractivity contribution in [3.05, 3.63) is 5.56 Å². The van der Waals surface area contributed by atoms with Gasteiger partial charge in [-0.2, -0.15) is 4.37 Å². The van der Waals surface area contributed by atoms with E-state index < -0.39 is 5.91 Å². The minimum absolute atomic E-state index is 0.259. The van der Waals surface area contributed by atoms with Gasteiger partial charge in [0.05, 0.1) is 0 Å². The summed E-state index contributed by atoms with van der Waals surface area (Å²) in [6.07, 6.45) is 3.54. The Balaban J connectivity index is 2.16. The number of amides is 1. The average Bonchev–Trinajstić information content (AvgIpc) is 2.71. The van der Waals surface area contributed by atoms with Gasteiger partial charge in [0.25, 0.3) is 5.91 Å². The number of hydrogen-bond donors (Lipinski definition) is 2. The lowest BCUT2D eigenvalue weighted by Gasteiger charge is -2.32. The Labute approximate surface area is 105 Å². The number of hydrogen-bond acceptors (Lipinski definition) is 5. The van der Waals surface area contributed by atoms with Gasteiger partial charge in [0.15, 0.2) is 5.82 Å². The van der Waals surface area contributed by atoms with Crippen molar-refractivity contribution in [2.45, 2.75) is 26.2 Å². The van der Waals surface area contributed by atoms with Gasteiger partial charge < -0.3 is 16.4 Å². The zero-order chi connectivity index (χ0) is 12.4. The number of carbonyl (C=O) groups excluding carboxylic acids is 1. The quantitative estimate of drug-likeness (QED) is 0.855. The maximum Gasteiger partial charge on any atom is 0.255 e. The van der Waals surface area contributed by atoms with Crippen LogP contribution in [-0.2, 0) is 0 Å². The van der Waals surface area contributed by atoms with Gasteiger partial charge in [-0.3, -0.25) is 4.79 Å². The summed E-state index contributed by atoms with van der Waals surface area (Å²) >= 11 is 1.27. The lowest BCUT2D eigenvalue weighted by Crippen LogP contribution is -2.34. The molecule has 0 unspecified atom stereocenters. The summed E-state index contributed by atoms with van der Waals surface area (Å²) in [5.41, 5.74) is 11.4. The smallest absolute Gasteiger partial charge is 0.255 e. The van der Waals surface area contributed by atoms with Crippen molar-refractivity contribution in [3.63, 3.8) is 0 Å². The molecule has 0 atom stereocenters. The van der Waals surface area contributed by atoms with Crippen molar-refractivity contribution in [1.82, 2.24) is 4.37 Å². The summed E-state index contributed by atoms with van der Waals surface area (Å²) in [7, 11) is 0. The molecule has 1 aromatic heterocycles. The topological polar surface area (TPSA) is 85.2 Å². The zero-order valence-electron chi connectivity index (χ0n) is 9.98. The molecule has 0 aliphatic carbocycles. The van der Waals surface area contributed by atoms with Gasteiger partial charge in [-0.25, -0.2) is 0 Å². The molecule has 0 radical (unpaired) electrons. The van der Waals surface area contributed by atoms with E-state index in [1.807, 2.05) is 0 Å². The van der Waals surface area contributed by atoms with Crippen LogP contribution in [-0.4, -0.2) is 23.4 Å². The number of aromatic nitrogens is 1. The summed E-state index contributed by atoms with van der Waals surface area (Å²) in [6.45, 7) is 4.14. The Morgan fingerprint density at radius 1 is 1.53 bits per heavy atom. The molecule has 1 aliphatic heterocycles. The van der Waals surface area contributed by atoms with E-state index >= 15 is 0 Å². The van der Waals surface area contributed by atoms with Gasteiger partial charge in [0, 0.05) is 13.1 Å². The second kappa shape index (κ2) is 4.91. The number of anilines is 2. The van der Waals surface area contributed by atoms with E-state index in [2.05, 4.69) is 16.2 Å². The first kappa shape index (κ1) is 12.2. The maximum atomic E-state index is 11.3. The summed E-state index contributed by atoms with van der Waals surface area (Å²) in [4.78, 5) is 13.5. The third-order valence-corrected chi connectivity index (χ3v) is 4.35. The predicted molar refractivity (Wildman–Crippen MR) is 70.3 cm³/mol. The summed E-state index contributed by atoms with van der Waals surface area (Å²) in [6, 6.07) is 0. The van der Waals surface area contributed by atoms with Crippen LogP contribution in [0.5, 0.6) is 0 Å². The fourth-order valence-corrected chi connectivity index (χ4v) is 3.16. The first-order valence-electron chi connectivity index (χ1n) is 5.93. The van der Waals surface area contributed by atoms with E-state index in [0.29, 0.717) is 5.56 Å². The number of nitrogen functional groups attached to an aromatic ring is 1. The van der Waals surface area contributed by atoms with E-state index in [4.69, 9.17) is 11.5 Å². The van der Waals surface area contributed by atoms with Crippen molar-refractivity contribution >= 4 is 28.3 Å². The fourth-order valence-electron chi connectivity index (χ4n) is 2.29. The van der Waals surface area contributed by atoms with Gasteiger partial charge in [-0.05, 0) is 30.3 Å². The van der Waals surface area contributed by atoms with Gasteiger partial charge in [0.1, 0.15) is 10.6 Å². The van der Waals surface area contributed by atoms with E-state index in [9.17, 15) is 4.79 Å². The third-order valence-electron chi connectivity index (χ3n) is 3.43. The van der Waals surface area contributed by atoms with E-state index in [1.54, 1.807) is 0 Å². The Kier molecular flexibility index (Phi) is 3.51. The molecular formula is C11H18N4OS. The molecule has 1 aliphatic rings. The highest BCUT2D eigenvalue weighted by atomic mass is 32.1. The summed E-state index contributed by atoms with van der Waals surface area (Å²) in [5, 5.41) is 0.838. The lowest BCUT2D eigenvalue weighted by molar-refractivity contribution is 0.100. The molecule has 1 aromatic rings. The van der Waals surface area contributed by atoms with Crippen LogP contribution in [0.15, 0.2) is 0 Å². The number of carbonyl (C=O) groups is 1. The molecule has 5 nitrogen and oxygen atoms in total. The van der Waals surface area contributed by atoms with Crippen molar-refractivity contribution in [3.8, 4) is 0 Å². The van der Waals surface area contributed by atoms with Crippen LogP contribution in [0.1, 0.15) is 36.5 Å². The molecule has 17 heavy (non-hydrogen) atoms. The van der Waals surface area contributed by atoms with Crippen molar-refractivity contribution in [1.29, 1.82) is 0 Å². The molecule has 2 heterocycles. The first-order chi connectivity index (χ1) is 8.13. The Morgan fingerprint density at radius 2 is 2.18 bits per heavy atom. The van der Waals surface area contributed by atoms with Crippen LogP contribution in [0.25, 0.3) is 0 Å². The standard InChI is InChI=1S/C11H18N4OS/c1-2-7-3-5-15(6-4-7)11-8(10(13)16)9(12)14-17-11/h7H,2-6H2,1H3,(H2,12,14)(H2,13,16). The molecule has 2 rings (SSSR count). The number of primary amides is 1. The predicted octanol–water partition coefficient (Wildman–Crippen LogP) is 1.45. The molecule has 4 N–H and O–H groups in total. The van der Waals surface area contributed by atoms with Gasteiger partial charge >= 0.3 is 0 Å². The van der Waals surface area contributed by atoms with Crippen LogP contribution >= 0.6 is 11.5 Å². The number of nitrogens with zero attached hydrogens (tertiary/aromatic N) is 2. The molecule has 0 spiro atoms. The number of nitrogens with two attached hydrogens (primary N) is 2. The van der Waals surface area contributed by atoms with E-state index in [1.165, 1.54) is 18.0 Å². The molecule has 0 saturated carbocycles. The van der Waals surface area contributed by atoms with Gasteiger partial charge in [-0.15, -0.1) is 0 Å². The van der Waals surface area contributed by atoms with E-state index in [-0.39, 0.29) is 5.82 Å². The fraction of sp³-hybridized carbons (Fsp3) is 0.636.